The molecule has 2 rings (SSSR count). The third-order valence-electron chi connectivity index (χ3n) is 5.48. The van der Waals surface area contributed by atoms with Crippen molar-refractivity contribution in [3.63, 3.8) is 0 Å². The summed E-state index contributed by atoms with van der Waals surface area (Å²) in [5.41, 5.74) is 1.92. The maximum absolute atomic E-state index is 13.8. The zero-order valence-corrected chi connectivity index (χ0v) is 21.9. The quantitative estimate of drug-likeness (QED) is 0.353. The number of hydrogen-bond donors (Lipinski definition) is 2. The van der Waals surface area contributed by atoms with Gasteiger partial charge in [0.25, 0.3) is 5.91 Å². The van der Waals surface area contributed by atoms with Crippen LogP contribution in [0.4, 0.5) is 10.5 Å². The SMILES string of the molecule is C#Cc1ccccc1C(C(=O)Nc1ccccc1C)N(CCCCC)C(=O)CNC(=O)OC(C)(C)C. The van der Waals surface area contributed by atoms with Crippen molar-refractivity contribution in [2.75, 3.05) is 18.4 Å². The van der Waals surface area contributed by atoms with Gasteiger partial charge in [-0.25, -0.2) is 4.79 Å². The van der Waals surface area contributed by atoms with E-state index in [9.17, 15) is 14.4 Å². The molecule has 1 atom stereocenters. The van der Waals surface area contributed by atoms with Crippen LogP contribution in [0.15, 0.2) is 48.5 Å². The minimum absolute atomic E-state index is 0.312. The van der Waals surface area contributed by atoms with Gasteiger partial charge in [0.1, 0.15) is 18.2 Å². The number of para-hydroxylation sites is 1. The summed E-state index contributed by atoms with van der Waals surface area (Å²) in [5.74, 6) is 1.85. The fraction of sp³-hybridized carbons (Fsp3) is 0.414. The zero-order valence-electron chi connectivity index (χ0n) is 21.9. The van der Waals surface area contributed by atoms with Crippen molar-refractivity contribution in [3.8, 4) is 12.3 Å². The molecule has 0 spiro atoms. The van der Waals surface area contributed by atoms with Crippen LogP contribution in [0.3, 0.4) is 0 Å². The van der Waals surface area contributed by atoms with Gasteiger partial charge in [-0.15, -0.1) is 6.42 Å². The number of terminal acetylenes is 1. The van der Waals surface area contributed by atoms with Crippen molar-refractivity contribution in [2.24, 2.45) is 0 Å². The number of nitrogens with zero attached hydrogens (tertiary/aromatic N) is 1. The predicted octanol–water partition coefficient (Wildman–Crippen LogP) is 5.20. The highest BCUT2D eigenvalue weighted by Gasteiger charge is 2.33. The Morgan fingerprint density at radius 1 is 1.06 bits per heavy atom. The van der Waals surface area contributed by atoms with Gasteiger partial charge in [-0.3, -0.25) is 9.59 Å². The van der Waals surface area contributed by atoms with Crippen LogP contribution in [0.5, 0.6) is 0 Å². The zero-order chi connectivity index (χ0) is 26.7. The van der Waals surface area contributed by atoms with Gasteiger partial charge >= 0.3 is 6.09 Å². The van der Waals surface area contributed by atoms with E-state index in [0.29, 0.717) is 29.8 Å². The van der Waals surface area contributed by atoms with E-state index in [-0.39, 0.29) is 12.5 Å². The van der Waals surface area contributed by atoms with Gasteiger partial charge in [-0.05, 0) is 57.4 Å². The van der Waals surface area contributed by atoms with Crippen molar-refractivity contribution < 1.29 is 19.1 Å². The number of rotatable bonds is 10. The molecule has 0 aliphatic heterocycles. The molecule has 0 bridgehead atoms. The summed E-state index contributed by atoms with van der Waals surface area (Å²) in [7, 11) is 0. The fourth-order valence-electron chi connectivity index (χ4n) is 3.73. The normalized spacial score (nSPS) is 11.7. The van der Waals surface area contributed by atoms with E-state index in [0.717, 1.165) is 18.4 Å². The minimum atomic E-state index is -0.985. The average Bonchev–Trinajstić information content (AvgIpc) is 2.82. The van der Waals surface area contributed by atoms with Crippen LogP contribution in [0, 0.1) is 19.3 Å². The Morgan fingerprint density at radius 3 is 2.36 bits per heavy atom. The number of alkyl carbamates (subject to hydrolysis) is 1. The number of nitrogens with one attached hydrogen (secondary N) is 2. The summed E-state index contributed by atoms with van der Waals surface area (Å²) in [5, 5.41) is 5.49. The third-order valence-corrected chi connectivity index (χ3v) is 5.48. The molecule has 1 unspecified atom stereocenters. The number of amides is 3. The largest absolute Gasteiger partial charge is 0.444 e. The first-order valence-corrected chi connectivity index (χ1v) is 12.3. The number of carbonyl (C=O) groups excluding carboxylic acids is 3. The summed E-state index contributed by atoms with van der Waals surface area (Å²) in [4.78, 5) is 40.9. The molecule has 36 heavy (non-hydrogen) atoms. The van der Waals surface area contributed by atoms with Crippen molar-refractivity contribution in [1.29, 1.82) is 0 Å². The Morgan fingerprint density at radius 2 is 1.72 bits per heavy atom. The van der Waals surface area contributed by atoms with Crippen LogP contribution in [0.25, 0.3) is 0 Å². The minimum Gasteiger partial charge on any atom is -0.444 e. The lowest BCUT2D eigenvalue weighted by atomic mass is 9.97. The van der Waals surface area contributed by atoms with Crippen molar-refractivity contribution in [3.05, 3.63) is 65.2 Å². The molecule has 0 saturated heterocycles. The highest BCUT2D eigenvalue weighted by Crippen LogP contribution is 2.27. The van der Waals surface area contributed by atoms with Crippen LogP contribution in [0.2, 0.25) is 0 Å². The number of carbonyl (C=O) groups is 3. The average molecular weight is 492 g/mol. The molecule has 0 aliphatic rings. The number of hydrogen-bond acceptors (Lipinski definition) is 4. The monoisotopic (exact) mass is 491 g/mol. The lowest BCUT2D eigenvalue weighted by Crippen LogP contribution is -2.47. The first-order valence-electron chi connectivity index (χ1n) is 12.3. The predicted molar refractivity (Wildman–Crippen MR) is 142 cm³/mol. The summed E-state index contributed by atoms with van der Waals surface area (Å²) in [6, 6.07) is 13.5. The molecule has 0 saturated carbocycles. The molecule has 0 aliphatic carbocycles. The highest BCUT2D eigenvalue weighted by atomic mass is 16.6. The Kier molecular flexibility index (Phi) is 10.5. The van der Waals surface area contributed by atoms with E-state index in [2.05, 4.69) is 23.5 Å². The Balaban J connectivity index is 2.43. The molecule has 0 radical (unpaired) electrons. The van der Waals surface area contributed by atoms with Crippen LogP contribution < -0.4 is 10.6 Å². The van der Waals surface area contributed by atoms with E-state index < -0.39 is 23.6 Å². The van der Waals surface area contributed by atoms with Crippen molar-refractivity contribution >= 4 is 23.6 Å². The molecule has 2 aromatic carbocycles. The molecule has 0 aromatic heterocycles. The fourth-order valence-corrected chi connectivity index (χ4v) is 3.73. The second kappa shape index (κ2) is 13.3. The van der Waals surface area contributed by atoms with Gasteiger partial charge in [0.2, 0.25) is 5.91 Å². The first-order chi connectivity index (χ1) is 17.1. The maximum atomic E-state index is 13.8. The summed E-state index contributed by atoms with van der Waals surface area (Å²) in [6.45, 7) is 9.21. The molecule has 0 fully saturated rings. The van der Waals surface area contributed by atoms with E-state index in [1.165, 1.54) is 4.90 Å². The van der Waals surface area contributed by atoms with E-state index in [1.54, 1.807) is 45.0 Å². The van der Waals surface area contributed by atoms with Gasteiger partial charge in [-0.1, -0.05) is 62.1 Å². The lowest BCUT2D eigenvalue weighted by molar-refractivity contribution is -0.138. The second-order valence-electron chi connectivity index (χ2n) is 9.59. The van der Waals surface area contributed by atoms with Gasteiger partial charge in [-0.2, -0.15) is 0 Å². The van der Waals surface area contributed by atoms with Crippen LogP contribution in [0.1, 0.15) is 69.7 Å². The second-order valence-corrected chi connectivity index (χ2v) is 9.59. The van der Waals surface area contributed by atoms with Gasteiger partial charge in [0, 0.05) is 17.8 Å². The van der Waals surface area contributed by atoms with E-state index in [1.807, 2.05) is 31.2 Å². The van der Waals surface area contributed by atoms with Gasteiger partial charge in [0.05, 0.1) is 0 Å². The van der Waals surface area contributed by atoms with Crippen molar-refractivity contribution in [1.82, 2.24) is 10.2 Å². The van der Waals surface area contributed by atoms with Gasteiger partial charge < -0.3 is 20.3 Å². The number of anilines is 1. The smallest absolute Gasteiger partial charge is 0.408 e. The van der Waals surface area contributed by atoms with Crippen LogP contribution in [-0.2, 0) is 14.3 Å². The van der Waals surface area contributed by atoms with Crippen LogP contribution >= 0.6 is 0 Å². The molecular weight excluding hydrogens is 454 g/mol. The standard InChI is InChI=1S/C29H37N3O4/c1-7-9-14-19-32(25(33)20-30-28(35)36-29(4,5)6)26(23-17-12-11-16-22(23)8-2)27(34)31-24-18-13-10-15-21(24)3/h2,10-13,15-18,26H,7,9,14,19-20H2,1,3-6H3,(H,30,35)(H,31,34). The van der Waals surface area contributed by atoms with E-state index in [4.69, 9.17) is 11.2 Å². The molecule has 7 heteroatoms. The molecule has 3 amide bonds. The number of unbranched alkanes of at least 4 members (excludes halogenated alkanes) is 2. The van der Waals surface area contributed by atoms with Crippen LogP contribution in [-0.4, -0.2) is 41.5 Å². The summed E-state index contributed by atoms with van der Waals surface area (Å²) < 4.78 is 5.26. The topological polar surface area (TPSA) is 87.7 Å². The Labute approximate surface area is 214 Å². The lowest BCUT2D eigenvalue weighted by Gasteiger charge is -2.32. The Bertz CT molecular complexity index is 1100. The molecule has 0 heterocycles. The Hall–Kier alpha value is -3.79. The summed E-state index contributed by atoms with van der Waals surface area (Å²) >= 11 is 0. The van der Waals surface area contributed by atoms with Gasteiger partial charge in [0.15, 0.2) is 0 Å². The molecule has 2 N–H and O–H groups in total. The summed E-state index contributed by atoms with van der Waals surface area (Å²) in [6.07, 6.45) is 7.58. The molecule has 7 nitrogen and oxygen atoms in total. The molecular formula is C29H37N3O4. The highest BCUT2D eigenvalue weighted by molar-refractivity contribution is 5.99. The van der Waals surface area contributed by atoms with E-state index >= 15 is 0 Å². The van der Waals surface area contributed by atoms with Crippen molar-refractivity contribution in [2.45, 2.75) is 65.5 Å². The third kappa shape index (κ3) is 8.46. The number of benzene rings is 2. The molecule has 2 aromatic rings. The first kappa shape index (κ1) is 28.4. The maximum Gasteiger partial charge on any atom is 0.408 e. The molecule has 192 valence electrons. The number of ether oxygens (including phenoxy) is 1. The number of aryl methyl sites for hydroxylation is 1.